The molecule has 0 amide bonds. The zero-order valence-electron chi connectivity index (χ0n) is 21.3. The first kappa shape index (κ1) is 26.8. The lowest BCUT2D eigenvalue weighted by Crippen LogP contribution is -2.33. The van der Waals surface area contributed by atoms with Gasteiger partial charge in [-0.25, -0.2) is 23.5 Å². The van der Waals surface area contributed by atoms with Crippen molar-refractivity contribution in [3.05, 3.63) is 81.1 Å². The lowest BCUT2D eigenvalue weighted by Gasteiger charge is -2.29. The first-order chi connectivity index (χ1) is 19.3. The average molecular weight is 587 g/mol. The van der Waals surface area contributed by atoms with Crippen LogP contribution < -0.4 is 4.74 Å². The van der Waals surface area contributed by atoms with Crippen LogP contribution in [0.1, 0.15) is 39.6 Å². The summed E-state index contributed by atoms with van der Waals surface area (Å²) < 4.78 is 42.2. The van der Waals surface area contributed by atoms with Gasteiger partial charge in [0.2, 0.25) is 5.88 Å². The van der Waals surface area contributed by atoms with Crippen LogP contribution in [0.15, 0.2) is 42.5 Å². The molecule has 12 heteroatoms. The summed E-state index contributed by atoms with van der Waals surface area (Å²) in [5, 5.41) is 9.69. The first-order valence-corrected chi connectivity index (χ1v) is 14.0. The number of hydrogen-bond acceptors (Lipinski definition) is 7. The molecule has 5 heterocycles. The molecule has 208 valence electrons. The van der Waals surface area contributed by atoms with Gasteiger partial charge in [0.1, 0.15) is 39.5 Å². The number of aromatic nitrogens is 3. The molecule has 8 nitrogen and oxygen atoms in total. The highest BCUT2D eigenvalue weighted by molar-refractivity contribution is 7.20. The Morgan fingerprint density at radius 3 is 2.75 bits per heavy atom. The summed E-state index contributed by atoms with van der Waals surface area (Å²) in [6, 6.07) is 8.74. The molecule has 2 aliphatic rings. The van der Waals surface area contributed by atoms with E-state index in [0.717, 1.165) is 29.9 Å². The molecule has 1 saturated heterocycles. The molecule has 1 aromatic carbocycles. The predicted molar refractivity (Wildman–Crippen MR) is 147 cm³/mol. The van der Waals surface area contributed by atoms with Crippen LogP contribution in [0.25, 0.3) is 15.9 Å². The van der Waals surface area contributed by atoms with Crippen LogP contribution in [0.4, 0.5) is 8.78 Å². The van der Waals surface area contributed by atoms with Crippen molar-refractivity contribution in [1.82, 2.24) is 19.4 Å². The molecular weight excluding hydrogens is 562 g/mol. The van der Waals surface area contributed by atoms with Gasteiger partial charge >= 0.3 is 5.97 Å². The summed E-state index contributed by atoms with van der Waals surface area (Å²) in [5.74, 6) is -0.838. The Morgan fingerprint density at radius 1 is 1.20 bits per heavy atom. The molecule has 0 bridgehead atoms. The van der Waals surface area contributed by atoms with Gasteiger partial charge in [-0.2, -0.15) is 0 Å². The number of carboxylic acid groups (broad SMARTS) is 1. The summed E-state index contributed by atoms with van der Waals surface area (Å²) in [4.78, 5) is 23.7. The van der Waals surface area contributed by atoms with E-state index in [9.17, 15) is 18.7 Å². The van der Waals surface area contributed by atoms with Crippen LogP contribution in [0, 0.1) is 11.6 Å². The van der Waals surface area contributed by atoms with Crippen LogP contribution in [-0.4, -0.2) is 56.3 Å². The van der Waals surface area contributed by atoms with E-state index in [4.69, 9.17) is 26.1 Å². The van der Waals surface area contributed by atoms with Crippen LogP contribution in [0.5, 0.6) is 5.88 Å². The second kappa shape index (κ2) is 11.2. The monoisotopic (exact) mass is 586 g/mol. The number of aromatic carboxylic acids is 1. The fourth-order valence-electron chi connectivity index (χ4n) is 4.81. The van der Waals surface area contributed by atoms with Crippen molar-refractivity contribution in [1.29, 1.82) is 0 Å². The maximum absolute atomic E-state index is 14.7. The largest absolute Gasteiger partial charge is 0.477 e. The molecule has 40 heavy (non-hydrogen) atoms. The number of hydrogen-bond donors (Lipinski definition) is 1. The molecule has 0 spiro atoms. The molecular formula is C28H25ClF2N4O4S. The van der Waals surface area contributed by atoms with Crippen LogP contribution in [-0.2, 0) is 24.4 Å². The molecule has 6 rings (SSSR count). The molecule has 0 aliphatic carbocycles. The fraction of sp³-hybridized carbons (Fsp3) is 0.321. The van der Waals surface area contributed by atoms with E-state index in [0.29, 0.717) is 48.0 Å². The van der Waals surface area contributed by atoms with Crippen LogP contribution in [0.2, 0.25) is 5.02 Å². The molecule has 1 N–H and O–H groups in total. The first-order valence-electron chi connectivity index (χ1n) is 12.8. The number of imidazole rings is 1. The fourth-order valence-corrected chi connectivity index (χ4v) is 5.86. The van der Waals surface area contributed by atoms with E-state index in [1.165, 1.54) is 29.5 Å². The van der Waals surface area contributed by atoms with Gasteiger partial charge in [-0.15, -0.1) is 11.3 Å². The van der Waals surface area contributed by atoms with Gasteiger partial charge in [0, 0.05) is 36.3 Å². The topological polar surface area (TPSA) is 89.7 Å². The number of ether oxygens (including phenoxy) is 2. The van der Waals surface area contributed by atoms with Crippen molar-refractivity contribution in [2.75, 3.05) is 19.7 Å². The quantitative estimate of drug-likeness (QED) is 0.266. The van der Waals surface area contributed by atoms with Crippen molar-refractivity contribution in [3.8, 4) is 5.88 Å². The SMILES string of the molecule is O=C(O)c1cc2c(nc(CN3CC=C(c4nc(OCc5ccc(Cl)cc5F)ccc4F)CC3)n2CC2CCO2)s1. The van der Waals surface area contributed by atoms with E-state index in [1.807, 2.05) is 6.08 Å². The number of halogens is 3. The van der Waals surface area contributed by atoms with Gasteiger partial charge in [-0.05, 0) is 42.7 Å². The van der Waals surface area contributed by atoms with Gasteiger partial charge in [-0.3, -0.25) is 4.90 Å². The molecule has 0 radical (unpaired) electrons. The molecule has 3 aromatic heterocycles. The summed E-state index contributed by atoms with van der Waals surface area (Å²) >= 11 is 6.97. The average Bonchev–Trinajstić information content (AvgIpc) is 3.45. The number of benzene rings is 1. The Morgan fingerprint density at radius 2 is 2.05 bits per heavy atom. The Kier molecular flexibility index (Phi) is 7.54. The maximum atomic E-state index is 14.7. The number of fused-ring (bicyclic) bond motifs is 1. The Hall–Kier alpha value is -3.38. The highest BCUT2D eigenvalue weighted by Crippen LogP contribution is 2.30. The van der Waals surface area contributed by atoms with Gasteiger partial charge < -0.3 is 19.1 Å². The highest BCUT2D eigenvalue weighted by Gasteiger charge is 2.25. The molecule has 1 fully saturated rings. The van der Waals surface area contributed by atoms with Crippen molar-refractivity contribution in [2.45, 2.75) is 38.6 Å². The summed E-state index contributed by atoms with van der Waals surface area (Å²) in [5.41, 5.74) is 2.13. The van der Waals surface area contributed by atoms with Gasteiger partial charge in [-0.1, -0.05) is 23.7 Å². The zero-order valence-corrected chi connectivity index (χ0v) is 22.9. The standard InChI is InChI=1S/C28H25ClF2N4O4S/c29-18-2-1-17(21(31)11-18)15-39-25-4-3-20(30)26(33-25)16-5-8-34(9-6-16)14-24-32-27-22(12-23(40-27)28(36)37)35(24)13-19-7-10-38-19/h1-5,11-12,19H,6-10,13-15H2,(H,36,37). The second-order valence-corrected chi connectivity index (χ2v) is 11.2. The molecule has 2 aliphatic heterocycles. The minimum absolute atomic E-state index is 0.0577. The highest BCUT2D eigenvalue weighted by atomic mass is 35.5. The third-order valence-corrected chi connectivity index (χ3v) is 8.33. The molecule has 1 unspecified atom stereocenters. The lowest BCUT2D eigenvalue weighted by atomic mass is 10.0. The van der Waals surface area contributed by atoms with E-state index in [-0.39, 0.29) is 29.2 Å². The summed E-state index contributed by atoms with van der Waals surface area (Å²) in [6.45, 7) is 3.09. The van der Waals surface area contributed by atoms with Gasteiger partial charge in [0.25, 0.3) is 0 Å². The number of carbonyl (C=O) groups is 1. The van der Waals surface area contributed by atoms with Crippen molar-refractivity contribution in [3.63, 3.8) is 0 Å². The molecule has 1 atom stereocenters. The van der Waals surface area contributed by atoms with Crippen molar-refractivity contribution < 1.29 is 28.2 Å². The van der Waals surface area contributed by atoms with Crippen molar-refractivity contribution >= 4 is 44.8 Å². The van der Waals surface area contributed by atoms with E-state index < -0.39 is 17.6 Å². The number of rotatable bonds is 9. The smallest absolute Gasteiger partial charge is 0.346 e. The van der Waals surface area contributed by atoms with E-state index >= 15 is 0 Å². The lowest BCUT2D eigenvalue weighted by molar-refractivity contribution is -0.0591. The second-order valence-electron chi connectivity index (χ2n) is 9.75. The van der Waals surface area contributed by atoms with Crippen LogP contribution in [0.3, 0.4) is 0 Å². The summed E-state index contributed by atoms with van der Waals surface area (Å²) in [6.07, 6.45) is 3.58. The predicted octanol–water partition coefficient (Wildman–Crippen LogP) is 5.78. The Balaban J connectivity index is 1.15. The third kappa shape index (κ3) is 5.60. The Bertz CT molecular complexity index is 1620. The van der Waals surface area contributed by atoms with Gasteiger partial charge in [0.05, 0.1) is 24.7 Å². The molecule has 4 aromatic rings. The molecule has 0 saturated carbocycles. The zero-order chi connectivity index (χ0) is 27.8. The number of nitrogens with zero attached hydrogens (tertiary/aromatic N) is 4. The van der Waals surface area contributed by atoms with Crippen LogP contribution >= 0.6 is 22.9 Å². The minimum atomic E-state index is -0.961. The van der Waals surface area contributed by atoms with E-state index in [2.05, 4.69) is 14.5 Å². The third-order valence-electron chi connectivity index (χ3n) is 7.09. The van der Waals surface area contributed by atoms with E-state index in [1.54, 1.807) is 18.2 Å². The van der Waals surface area contributed by atoms with Crippen molar-refractivity contribution in [2.24, 2.45) is 0 Å². The number of thiophene rings is 1. The minimum Gasteiger partial charge on any atom is -0.477 e. The maximum Gasteiger partial charge on any atom is 0.346 e. The van der Waals surface area contributed by atoms with Gasteiger partial charge in [0.15, 0.2) is 0 Å². The number of pyridine rings is 1. The summed E-state index contributed by atoms with van der Waals surface area (Å²) in [7, 11) is 0. The normalized spacial score (nSPS) is 17.6. The Labute approximate surface area is 237 Å². The number of carboxylic acids is 1.